The Morgan fingerprint density at radius 3 is 2.43 bits per heavy atom. The van der Waals surface area contributed by atoms with Crippen molar-refractivity contribution < 1.29 is 13.6 Å². The van der Waals surface area contributed by atoms with Crippen molar-refractivity contribution in [3.05, 3.63) is 30.1 Å². The fourth-order valence-electron chi connectivity index (χ4n) is 4.29. The van der Waals surface area contributed by atoms with Crippen LogP contribution in [0.3, 0.4) is 0 Å². The quantitative estimate of drug-likeness (QED) is 0.786. The fraction of sp³-hybridized carbons (Fsp3) is 0.600. The van der Waals surface area contributed by atoms with Crippen molar-refractivity contribution in [3.8, 4) is 0 Å². The van der Waals surface area contributed by atoms with Gasteiger partial charge in [0.15, 0.2) is 0 Å². The van der Waals surface area contributed by atoms with Gasteiger partial charge < -0.3 is 4.90 Å². The number of aromatic nitrogens is 2. The SMILES string of the molecule is CC(c1nc2ccccc2n1C(F)F)N1CCN(CC(=O)N2CCCC2)CC1. The molecule has 1 amide bonds. The summed E-state index contributed by atoms with van der Waals surface area (Å²) < 4.78 is 28.5. The lowest BCUT2D eigenvalue weighted by Gasteiger charge is -2.38. The van der Waals surface area contributed by atoms with Gasteiger partial charge in [-0.3, -0.25) is 19.2 Å². The lowest BCUT2D eigenvalue weighted by Crippen LogP contribution is -2.50. The number of hydrogen-bond acceptors (Lipinski definition) is 4. The van der Waals surface area contributed by atoms with Crippen LogP contribution < -0.4 is 0 Å². The predicted octanol–water partition coefficient (Wildman–Crippen LogP) is 2.73. The van der Waals surface area contributed by atoms with Crippen molar-refractivity contribution in [2.24, 2.45) is 0 Å². The molecule has 0 bridgehead atoms. The Morgan fingerprint density at radius 2 is 1.75 bits per heavy atom. The summed E-state index contributed by atoms with van der Waals surface area (Å²) in [6.07, 6.45) is 2.20. The van der Waals surface area contributed by atoms with Crippen LogP contribution in [0, 0.1) is 0 Å². The zero-order valence-corrected chi connectivity index (χ0v) is 16.2. The summed E-state index contributed by atoms with van der Waals surface area (Å²) in [5.74, 6) is 0.608. The van der Waals surface area contributed by atoms with Crippen LogP contribution in [0.4, 0.5) is 8.78 Å². The summed E-state index contributed by atoms with van der Waals surface area (Å²) in [6.45, 7) is 4.52. The van der Waals surface area contributed by atoms with Crippen molar-refractivity contribution in [1.29, 1.82) is 0 Å². The summed E-state index contributed by atoms with van der Waals surface area (Å²) in [5, 5.41) is 0. The first-order chi connectivity index (χ1) is 13.5. The molecular formula is C20H27F2N5O. The molecule has 28 heavy (non-hydrogen) atoms. The van der Waals surface area contributed by atoms with Gasteiger partial charge in [-0.25, -0.2) is 4.98 Å². The molecular weight excluding hydrogens is 364 g/mol. The highest BCUT2D eigenvalue weighted by Crippen LogP contribution is 2.29. The van der Waals surface area contributed by atoms with E-state index in [4.69, 9.17) is 0 Å². The molecule has 2 saturated heterocycles. The number of carbonyl (C=O) groups is 1. The Morgan fingerprint density at radius 1 is 1.07 bits per heavy atom. The maximum atomic E-state index is 13.7. The molecule has 8 heteroatoms. The Balaban J connectivity index is 1.41. The molecule has 2 fully saturated rings. The number of para-hydroxylation sites is 2. The first-order valence-electron chi connectivity index (χ1n) is 10.0. The van der Waals surface area contributed by atoms with Crippen LogP contribution >= 0.6 is 0 Å². The monoisotopic (exact) mass is 391 g/mol. The third kappa shape index (κ3) is 3.75. The van der Waals surface area contributed by atoms with Crippen LogP contribution in [0.5, 0.6) is 0 Å². The van der Waals surface area contributed by atoms with Gasteiger partial charge in [-0.1, -0.05) is 12.1 Å². The third-order valence-electron chi connectivity index (χ3n) is 5.96. The summed E-state index contributed by atoms with van der Waals surface area (Å²) in [4.78, 5) is 23.1. The minimum atomic E-state index is -2.62. The number of fused-ring (bicyclic) bond motifs is 1. The number of rotatable bonds is 5. The molecule has 0 N–H and O–H groups in total. The standard InChI is InChI=1S/C20H27F2N5O/c1-15(19-23-16-6-2-3-7-17(16)27(19)20(21)22)25-12-10-24(11-13-25)14-18(28)26-8-4-5-9-26/h2-3,6-7,15,20H,4-5,8-14H2,1H3. The summed E-state index contributed by atoms with van der Waals surface area (Å²) in [5.41, 5.74) is 1.06. The van der Waals surface area contributed by atoms with Gasteiger partial charge in [0.2, 0.25) is 5.91 Å². The average molecular weight is 391 g/mol. The van der Waals surface area contributed by atoms with E-state index in [2.05, 4.69) is 14.8 Å². The maximum Gasteiger partial charge on any atom is 0.320 e. The number of piperazine rings is 1. The first-order valence-corrected chi connectivity index (χ1v) is 10.0. The molecule has 2 aliphatic rings. The van der Waals surface area contributed by atoms with Crippen LogP contribution in [0.15, 0.2) is 24.3 Å². The first kappa shape index (κ1) is 19.3. The fourth-order valence-corrected chi connectivity index (χ4v) is 4.29. The van der Waals surface area contributed by atoms with Crippen LogP contribution in [-0.4, -0.2) is 76.0 Å². The molecule has 6 nitrogen and oxygen atoms in total. The highest BCUT2D eigenvalue weighted by Gasteiger charge is 2.29. The van der Waals surface area contributed by atoms with E-state index in [1.165, 1.54) is 0 Å². The summed E-state index contributed by atoms with van der Waals surface area (Å²) in [7, 11) is 0. The lowest BCUT2D eigenvalue weighted by molar-refractivity contribution is -0.131. The third-order valence-corrected chi connectivity index (χ3v) is 5.96. The van der Waals surface area contributed by atoms with Crippen LogP contribution in [0.1, 0.15) is 38.2 Å². The number of hydrogen-bond donors (Lipinski definition) is 0. The average Bonchev–Trinajstić information content (AvgIpc) is 3.36. The van der Waals surface area contributed by atoms with Gasteiger partial charge in [0.1, 0.15) is 5.82 Å². The predicted molar refractivity (Wildman–Crippen MR) is 103 cm³/mol. The zero-order valence-electron chi connectivity index (χ0n) is 16.2. The van der Waals surface area contributed by atoms with Gasteiger partial charge in [-0.2, -0.15) is 8.78 Å². The highest BCUT2D eigenvalue weighted by molar-refractivity contribution is 5.78. The van der Waals surface area contributed by atoms with E-state index in [-0.39, 0.29) is 11.9 Å². The normalized spacial score (nSPS) is 20.4. The number of likely N-dealkylation sites (tertiary alicyclic amines) is 1. The maximum absolute atomic E-state index is 13.7. The molecule has 2 aromatic rings. The number of halogens is 2. The largest absolute Gasteiger partial charge is 0.342 e. The minimum Gasteiger partial charge on any atom is -0.342 e. The van der Waals surface area contributed by atoms with Crippen LogP contribution in [0.25, 0.3) is 11.0 Å². The minimum absolute atomic E-state index is 0.207. The van der Waals surface area contributed by atoms with Crippen molar-refractivity contribution in [1.82, 2.24) is 24.3 Å². The van der Waals surface area contributed by atoms with Crippen LogP contribution in [0.2, 0.25) is 0 Å². The van der Waals surface area contributed by atoms with Gasteiger partial charge in [0.05, 0.1) is 23.6 Å². The topological polar surface area (TPSA) is 44.6 Å². The Kier molecular flexibility index (Phi) is 5.59. The molecule has 0 saturated carbocycles. The van der Waals surface area contributed by atoms with Gasteiger partial charge in [-0.15, -0.1) is 0 Å². The van der Waals surface area contributed by atoms with Crippen molar-refractivity contribution in [3.63, 3.8) is 0 Å². The number of carbonyl (C=O) groups excluding carboxylic acids is 1. The lowest BCUT2D eigenvalue weighted by atomic mass is 10.2. The molecule has 0 radical (unpaired) electrons. The van der Waals surface area contributed by atoms with E-state index in [9.17, 15) is 13.6 Å². The number of amides is 1. The smallest absolute Gasteiger partial charge is 0.320 e. The summed E-state index contributed by atoms with van der Waals surface area (Å²) >= 11 is 0. The Labute approximate surface area is 163 Å². The molecule has 2 aliphatic heterocycles. The second kappa shape index (κ2) is 8.13. The Hall–Kier alpha value is -2.06. The van der Waals surface area contributed by atoms with Gasteiger partial charge >= 0.3 is 6.55 Å². The van der Waals surface area contributed by atoms with Gasteiger partial charge in [0, 0.05) is 39.3 Å². The van der Waals surface area contributed by atoms with E-state index in [0.717, 1.165) is 56.7 Å². The number of imidazole rings is 1. The van der Waals surface area contributed by atoms with Crippen LogP contribution in [-0.2, 0) is 4.79 Å². The molecule has 3 heterocycles. The molecule has 0 aliphatic carbocycles. The molecule has 4 rings (SSSR count). The molecule has 1 atom stereocenters. The second-order valence-corrected chi connectivity index (χ2v) is 7.68. The second-order valence-electron chi connectivity index (χ2n) is 7.68. The van der Waals surface area contributed by atoms with Crippen molar-refractivity contribution in [2.75, 3.05) is 45.8 Å². The van der Waals surface area contributed by atoms with Crippen molar-refractivity contribution >= 4 is 16.9 Å². The molecule has 1 unspecified atom stereocenters. The molecule has 1 aromatic carbocycles. The van der Waals surface area contributed by atoms with E-state index in [1.807, 2.05) is 17.9 Å². The zero-order chi connectivity index (χ0) is 19.7. The molecule has 0 spiro atoms. The van der Waals surface area contributed by atoms with E-state index < -0.39 is 6.55 Å². The number of nitrogens with zero attached hydrogens (tertiary/aromatic N) is 5. The number of alkyl halides is 2. The van der Waals surface area contributed by atoms with Gasteiger partial charge in [-0.05, 0) is 31.9 Å². The Bertz CT molecular complexity index is 825. The van der Waals surface area contributed by atoms with Crippen molar-refractivity contribution in [2.45, 2.75) is 32.4 Å². The van der Waals surface area contributed by atoms with Gasteiger partial charge in [0.25, 0.3) is 0 Å². The molecule has 1 aromatic heterocycles. The highest BCUT2D eigenvalue weighted by atomic mass is 19.3. The number of benzene rings is 1. The summed E-state index contributed by atoms with van der Waals surface area (Å²) in [6, 6.07) is 6.82. The molecule has 152 valence electrons. The van der Waals surface area contributed by atoms with E-state index in [1.54, 1.807) is 18.2 Å². The van der Waals surface area contributed by atoms with E-state index in [0.29, 0.717) is 23.4 Å². The van der Waals surface area contributed by atoms with E-state index >= 15 is 0 Å².